The van der Waals surface area contributed by atoms with Crippen molar-refractivity contribution in [3.05, 3.63) is 59.4 Å². The monoisotopic (exact) mass is 410 g/mol. The van der Waals surface area contributed by atoms with Crippen LogP contribution in [0.25, 0.3) is 16.6 Å². The number of urea groups is 1. The second-order valence-corrected chi connectivity index (χ2v) is 6.36. The van der Waals surface area contributed by atoms with Crippen molar-refractivity contribution in [2.24, 2.45) is 17.9 Å². The lowest BCUT2D eigenvalue weighted by Gasteiger charge is -2.06. The third-order valence-electron chi connectivity index (χ3n) is 4.42. The summed E-state index contributed by atoms with van der Waals surface area (Å²) >= 11 is 0. The number of hydrazone groups is 1. The maximum Gasteiger partial charge on any atom is 0.332 e. The Bertz CT molecular complexity index is 1240. The van der Waals surface area contributed by atoms with Crippen molar-refractivity contribution in [3.63, 3.8) is 0 Å². The first-order chi connectivity index (χ1) is 14.4. The number of fused-ring (bicyclic) bond motifs is 2. The van der Waals surface area contributed by atoms with Gasteiger partial charge in [-0.2, -0.15) is 15.3 Å². The number of hydrogen-bond donors (Lipinski definition) is 2. The molecule has 0 spiro atoms. The number of carbonyl (C=O) groups is 1. The zero-order valence-corrected chi connectivity index (χ0v) is 17.2. The van der Waals surface area contributed by atoms with E-state index in [0.29, 0.717) is 29.0 Å². The zero-order chi connectivity index (χ0) is 21.8. The highest BCUT2D eigenvalue weighted by molar-refractivity contribution is 5.97. The SMILES string of the molecule is C/C(=N\NC(N)=O)c1ccc2ncc(Cc3cc4cnn(C)c4cc3F)n2n1.CC. The Morgan fingerprint density at radius 1 is 1.27 bits per heavy atom. The number of aryl methyl sites for hydroxylation is 1. The third kappa shape index (κ3) is 4.12. The van der Waals surface area contributed by atoms with E-state index in [0.717, 1.165) is 16.6 Å². The molecule has 0 radical (unpaired) electrons. The Hall–Kier alpha value is -3.82. The average molecular weight is 410 g/mol. The predicted molar refractivity (Wildman–Crippen MR) is 113 cm³/mol. The molecule has 0 unspecified atom stereocenters. The summed E-state index contributed by atoms with van der Waals surface area (Å²) in [5.74, 6) is -0.314. The average Bonchev–Trinajstić information content (AvgIpc) is 3.31. The molecule has 1 aromatic carbocycles. The van der Waals surface area contributed by atoms with Gasteiger partial charge in [-0.25, -0.2) is 24.1 Å². The highest BCUT2D eigenvalue weighted by atomic mass is 19.1. The van der Waals surface area contributed by atoms with E-state index in [1.54, 1.807) is 53.8 Å². The normalized spacial score (nSPS) is 11.4. The van der Waals surface area contributed by atoms with Gasteiger partial charge >= 0.3 is 6.03 Å². The Morgan fingerprint density at radius 2 is 2.03 bits per heavy atom. The number of halogens is 1. The number of aromatic nitrogens is 5. The maximum atomic E-state index is 14.6. The van der Waals surface area contributed by atoms with Crippen LogP contribution in [0.2, 0.25) is 0 Å². The number of amides is 2. The van der Waals surface area contributed by atoms with E-state index in [4.69, 9.17) is 5.73 Å². The molecular weight excluding hydrogens is 387 g/mol. The summed E-state index contributed by atoms with van der Waals surface area (Å²) < 4.78 is 17.9. The molecule has 3 N–H and O–H groups in total. The van der Waals surface area contributed by atoms with Crippen molar-refractivity contribution in [3.8, 4) is 0 Å². The van der Waals surface area contributed by atoms with Crippen LogP contribution >= 0.6 is 0 Å². The van der Waals surface area contributed by atoms with Gasteiger partial charge < -0.3 is 5.73 Å². The molecule has 30 heavy (non-hydrogen) atoms. The first-order valence-corrected chi connectivity index (χ1v) is 9.46. The van der Waals surface area contributed by atoms with Gasteiger partial charge in [-0.15, -0.1) is 0 Å². The lowest BCUT2D eigenvalue weighted by Crippen LogP contribution is -2.25. The van der Waals surface area contributed by atoms with E-state index in [2.05, 4.69) is 25.7 Å². The van der Waals surface area contributed by atoms with Crippen molar-refractivity contribution >= 4 is 28.3 Å². The Morgan fingerprint density at radius 3 is 2.77 bits per heavy atom. The van der Waals surface area contributed by atoms with Gasteiger partial charge in [-0.3, -0.25) is 4.68 Å². The summed E-state index contributed by atoms with van der Waals surface area (Å²) in [6, 6.07) is 6.01. The van der Waals surface area contributed by atoms with Crippen LogP contribution in [-0.2, 0) is 13.5 Å². The third-order valence-corrected chi connectivity index (χ3v) is 4.42. The first-order valence-electron chi connectivity index (χ1n) is 9.46. The van der Waals surface area contributed by atoms with Crippen molar-refractivity contribution in [2.45, 2.75) is 27.2 Å². The lowest BCUT2D eigenvalue weighted by atomic mass is 10.1. The van der Waals surface area contributed by atoms with Gasteiger partial charge in [0.1, 0.15) is 11.5 Å². The molecular formula is C20H23FN8O. The van der Waals surface area contributed by atoms with Gasteiger partial charge in [0.05, 0.1) is 29.3 Å². The number of nitrogens with one attached hydrogen (secondary N) is 1. The molecule has 0 aliphatic heterocycles. The summed E-state index contributed by atoms with van der Waals surface area (Å²) in [6.07, 6.45) is 3.67. The molecule has 2 amide bonds. The maximum absolute atomic E-state index is 14.6. The summed E-state index contributed by atoms with van der Waals surface area (Å²) in [7, 11) is 1.77. The molecule has 10 heteroatoms. The van der Waals surface area contributed by atoms with E-state index in [1.165, 1.54) is 6.07 Å². The van der Waals surface area contributed by atoms with E-state index in [1.807, 2.05) is 13.8 Å². The second kappa shape index (κ2) is 8.68. The van der Waals surface area contributed by atoms with E-state index in [9.17, 15) is 9.18 Å². The van der Waals surface area contributed by atoms with Crippen LogP contribution < -0.4 is 11.2 Å². The van der Waals surface area contributed by atoms with Crippen LogP contribution in [0.1, 0.15) is 37.7 Å². The number of benzene rings is 1. The van der Waals surface area contributed by atoms with Gasteiger partial charge in [0.2, 0.25) is 0 Å². The molecule has 0 aliphatic rings. The minimum absolute atomic E-state index is 0.310. The molecule has 156 valence electrons. The standard InChI is InChI=1S/C18H17FN8O.C2H6/c1-10(23-24-18(20)28)15-3-4-17-21-9-13(27(17)25-15)6-11-5-12-8-22-26(2)16(12)7-14(11)19;1-2/h3-5,7-9H,6H2,1-2H3,(H3,20,24,28);1-2H3/b23-10+;. The van der Waals surface area contributed by atoms with Crippen LogP contribution in [0.5, 0.6) is 0 Å². The molecule has 0 saturated carbocycles. The fraction of sp³-hybridized carbons (Fsp3) is 0.250. The van der Waals surface area contributed by atoms with Crippen molar-refractivity contribution in [1.29, 1.82) is 0 Å². The highest BCUT2D eigenvalue weighted by Crippen LogP contribution is 2.21. The molecule has 4 aromatic rings. The lowest BCUT2D eigenvalue weighted by molar-refractivity contribution is 0.249. The van der Waals surface area contributed by atoms with Gasteiger partial charge in [0.15, 0.2) is 5.65 Å². The van der Waals surface area contributed by atoms with E-state index < -0.39 is 6.03 Å². The number of primary amides is 1. The van der Waals surface area contributed by atoms with Gasteiger partial charge in [0, 0.05) is 24.9 Å². The number of rotatable bonds is 4. The molecule has 9 nitrogen and oxygen atoms in total. The number of hydrogen-bond acceptors (Lipinski definition) is 5. The number of carbonyl (C=O) groups excluding carboxylic acids is 1. The first kappa shape index (κ1) is 20.9. The minimum Gasteiger partial charge on any atom is -0.350 e. The predicted octanol–water partition coefficient (Wildman–Crippen LogP) is 2.76. The van der Waals surface area contributed by atoms with Crippen LogP contribution in [-0.4, -0.2) is 36.1 Å². The topological polar surface area (TPSA) is 115 Å². The number of imidazole rings is 1. The van der Waals surface area contributed by atoms with Gasteiger partial charge in [-0.1, -0.05) is 13.8 Å². The van der Waals surface area contributed by atoms with Crippen LogP contribution in [0.3, 0.4) is 0 Å². The van der Waals surface area contributed by atoms with E-state index >= 15 is 0 Å². The second-order valence-electron chi connectivity index (χ2n) is 6.36. The minimum atomic E-state index is -0.759. The van der Waals surface area contributed by atoms with Crippen molar-refractivity contribution < 1.29 is 9.18 Å². The van der Waals surface area contributed by atoms with Crippen LogP contribution in [0.15, 0.2) is 41.8 Å². The Balaban J connectivity index is 0.00000124. The van der Waals surface area contributed by atoms with Crippen molar-refractivity contribution in [1.82, 2.24) is 29.8 Å². The summed E-state index contributed by atoms with van der Waals surface area (Å²) in [6.45, 7) is 5.69. The number of nitrogens with two attached hydrogens (primary N) is 1. The molecule has 0 aliphatic carbocycles. The fourth-order valence-corrected chi connectivity index (χ4v) is 2.98. The summed E-state index contributed by atoms with van der Waals surface area (Å²) in [5, 5.41) is 13.4. The number of nitrogens with zero attached hydrogens (tertiary/aromatic N) is 6. The van der Waals surface area contributed by atoms with Crippen LogP contribution in [0.4, 0.5) is 9.18 Å². The smallest absolute Gasteiger partial charge is 0.332 e. The highest BCUT2D eigenvalue weighted by Gasteiger charge is 2.13. The molecule has 3 aromatic heterocycles. The van der Waals surface area contributed by atoms with Crippen molar-refractivity contribution in [2.75, 3.05) is 0 Å². The quantitative estimate of drug-likeness (QED) is 0.397. The molecule has 0 fully saturated rings. The summed E-state index contributed by atoms with van der Waals surface area (Å²) in [4.78, 5) is 15.1. The molecule has 3 heterocycles. The van der Waals surface area contributed by atoms with E-state index in [-0.39, 0.29) is 5.82 Å². The molecule has 4 rings (SSSR count). The fourth-order valence-electron chi connectivity index (χ4n) is 2.98. The molecule has 0 saturated heterocycles. The van der Waals surface area contributed by atoms with Crippen LogP contribution in [0, 0.1) is 5.82 Å². The Labute approximate surface area is 172 Å². The molecule has 0 bridgehead atoms. The summed E-state index contributed by atoms with van der Waals surface area (Å²) in [5.41, 5.74) is 10.8. The van der Waals surface area contributed by atoms with Gasteiger partial charge in [-0.05, 0) is 30.7 Å². The largest absolute Gasteiger partial charge is 0.350 e. The zero-order valence-electron chi connectivity index (χ0n) is 17.2. The van der Waals surface area contributed by atoms with Gasteiger partial charge in [0.25, 0.3) is 0 Å². The Kier molecular flexibility index (Phi) is 6.05. The molecule has 0 atom stereocenters.